The van der Waals surface area contributed by atoms with Crippen LogP contribution in [-0.4, -0.2) is 19.1 Å². The number of aromatic amines is 1. The number of hydrogen-bond donors (Lipinski definition) is 1. The minimum Gasteiger partial charge on any atom is -0.309 e. The van der Waals surface area contributed by atoms with Crippen LogP contribution in [0.15, 0.2) is 14.4 Å². The van der Waals surface area contributed by atoms with E-state index in [-0.39, 0.29) is 11.0 Å². The average molecular weight is 264 g/mol. The van der Waals surface area contributed by atoms with Gasteiger partial charge in [-0.2, -0.15) is 0 Å². The van der Waals surface area contributed by atoms with Crippen molar-refractivity contribution in [2.75, 3.05) is 0 Å². The number of aryl methyl sites for hydroxylation is 2. The third-order valence-corrected chi connectivity index (χ3v) is 3.04. The number of rotatable bonds is 3. The van der Waals surface area contributed by atoms with E-state index in [1.54, 1.807) is 6.92 Å². The van der Waals surface area contributed by atoms with E-state index in [0.717, 1.165) is 17.4 Å². The lowest BCUT2D eigenvalue weighted by atomic mass is 10.3. The highest BCUT2D eigenvalue weighted by atomic mass is 16.2. The molecule has 0 radical (unpaired) electrons. The number of H-pyrrole nitrogens is 1. The number of unbranched alkanes of at least 4 members (excludes halogenated alkanes) is 1. The third kappa shape index (κ3) is 2.11. The Bertz CT molecular complexity index is 797. The Hall–Kier alpha value is -2.18. The van der Waals surface area contributed by atoms with Crippen molar-refractivity contribution in [3.05, 3.63) is 37.0 Å². The number of nitrogens with one attached hydrogen (secondary N) is 1. The van der Waals surface area contributed by atoms with Gasteiger partial charge in [-0.1, -0.05) is 13.3 Å². The molecule has 102 valence electrons. The van der Waals surface area contributed by atoms with Crippen molar-refractivity contribution in [1.29, 1.82) is 0 Å². The molecule has 2 aromatic heterocycles. The molecule has 0 saturated carbocycles. The minimum atomic E-state index is -0.540. The number of nitrogens with zero attached hydrogens (tertiary/aromatic N) is 3. The van der Waals surface area contributed by atoms with Crippen molar-refractivity contribution >= 4 is 11.0 Å². The van der Waals surface area contributed by atoms with Crippen LogP contribution < -0.4 is 16.8 Å². The zero-order chi connectivity index (χ0) is 14.2. The maximum atomic E-state index is 12.1. The molecule has 0 aromatic carbocycles. The summed E-state index contributed by atoms with van der Waals surface area (Å²) in [4.78, 5) is 42.7. The normalized spacial score (nSPS) is 11.1. The van der Waals surface area contributed by atoms with Crippen molar-refractivity contribution in [1.82, 2.24) is 19.1 Å². The van der Waals surface area contributed by atoms with Crippen molar-refractivity contribution in [3.8, 4) is 0 Å². The molecule has 2 rings (SSSR count). The predicted octanol–water partition coefficient (Wildman–Crippen LogP) is -0.108. The van der Waals surface area contributed by atoms with Gasteiger partial charge in [0.15, 0.2) is 5.52 Å². The molecule has 1 N–H and O–H groups in total. The second kappa shape index (κ2) is 4.83. The summed E-state index contributed by atoms with van der Waals surface area (Å²) in [6.07, 6.45) is 1.63. The number of aromatic nitrogens is 4. The second-order valence-corrected chi connectivity index (χ2v) is 4.50. The van der Waals surface area contributed by atoms with Crippen LogP contribution in [0, 0.1) is 6.92 Å². The maximum absolute atomic E-state index is 12.1. The van der Waals surface area contributed by atoms with E-state index < -0.39 is 16.8 Å². The summed E-state index contributed by atoms with van der Waals surface area (Å²) in [7, 11) is 1.39. The van der Waals surface area contributed by atoms with Crippen LogP contribution in [-0.2, 0) is 13.6 Å². The predicted molar refractivity (Wildman–Crippen MR) is 71.5 cm³/mol. The summed E-state index contributed by atoms with van der Waals surface area (Å²) in [6, 6.07) is 0. The SMILES string of the molecule is CCCCn1c(=O)n(C)c(=O)c2nc(C)[nH]c(=O)c21. The molecule has 7 heteroatoms. The zero-order valence-electron chi connectivity index (χ0n) is 11.2. The van der Waals surface area contributed by atoms with Crippen LogP contribution in [0.1, 0.15) is 25.6 Å². The van der Waals surface area contributed by atoms with E-state index in [0.29, 0.717) is 12.4 Å². The second-order valence-electron chi connectivity index (χ2n) is 4.50. The van der Waals surface area contributed by atoms with Gasteiger partial charge in [0, 0.05) is 13.6 Å². The summed E-state index contributed by atoms with van der Waals surface area (Å²) in [6.45, 7) is 3.98. The first-order valence-corrected chi connectivity index (χ1v) is 6.17. The first-order valence-electron chi connectivity index (χ1n) is 6.17. The number of hydrogen-bond acceptors (Lipinski definition) is 4. The van der Waals surface area contributed by atoms with Crippen molar-refractivity contribution < 1.29 is 0 Å². The van der Waals surface area contributed by atoms with Gasteiger partial charge >= 0.3 is 5.69 Å². The third-order valence-electron chi connectivity index (χ3n) is 3.04. The van der Waals surface area contributed by atoms with Gasteiger partial charge in [-0.25, -0.2) is 9.78 Å². The highest BCUT2D eigenvalue weighted by molar-refractivity contribution is 5.72. The lowest BCUT2D eigenvalue weighted by Crippen LogP contribution is -2.41. The van der Waals surface area contributed by atoms with Gasteiger partial charge < -0.3 is 4.98 Å². The quantitative estimate of drug-likeness (QED) is 0.837. The van der Waals surface area contributed by atoms with Gasteiger partial charge in [0.05, 0.1) is 0 Å². The highest BCUT2D eigenvalue weighted by Gasteiger charge is 2.15. The molecule has 0 aliphatic rings. The summed E-state index contributed by atoms with van der Waals surface area (Å²) >= 11 is 0. The van der Waals surface area contributed by atoms with E-state index in [2.05, 4.69) is 9.97 Å². The molecule has 7 nitrogen and oxygen atoms in total. The molecule has 0 fully saturated rings. The lowest BCUT2D eigenvalue weighted by Gasteiger charge is -2.10. The fourth-order valence-electron chi connectivity index (χ4n) is 2.03. The van der Waals surface area contributed by atoms with E-state index in [1.807, 2.05) is 6.92 Å². The van der Waals surface area contributed by atoms with Crippen molar-refractivity contribution in [3.63, 3.8) is 0 Å². The van der Waals surface area contributed by atoms with Gasteiger partial charge in [-0.05, 0) is 13.3 Å². The molecular formula is C12H16N4O3. The molecule has 2 aromatic rings. The molecule has 19 heavy (non-hydrogen) atoms. The molecule has 0 spiro atoms. The lowest BCUT2D eigenvalue weighted by molar-refractivity contribution is 0.584. The molecule has 0 aliphatic heterocycles. The molecule has 2 heterocycles. The smallest absolute Gasteiger partial charge is 0.309 e. The van der Waals surface area contributed by atoms with Crippen LogP contribution in [0.4, 0.5) is 0 Å². The van der Waals surface area contributed by atoms with Gasteiger partial charge in [-0.3, -0.25) is 18.7 Å². The maximum Gasteiger partial charge on any atom is 0.331 e. The summed E-state index contributed by atoms with van der Waals surface area (Å²) in [5, 5.41) is 0. The van der Waals surface area contributed by atoms with Gasteiger partial charge in [-0.15, -0.1) is 0 Å². The average Bonchev–Trinajstić information content (AvgIpc) is 2.36. The van der Waals surface area contributed by atoms with E-state index in [1.165, 1.54) is 11.6 Å². The molecule has 0 aliphatic carbocycles. The summed E-state index contributed by atoms with van der Waals surface area (Å²) in [5.41, 5.74) is -1.37. The van der Waals surface area contributed by atoms with Crippen molar-refractivity contribution in [2.45, 2.75) is 33.2 Å². The van der Waals surface area contributed by atoms with Crippen molar-refractivity contribution in [2.24, 2.45) is 7.05 Å². The Morgan fingerprint density at radius 1 is 1.26 bits per heavy atom. The van der Waals surface area contributed by atoms with E-state index >= 15 is 0 Å². The van der Waals surface area contributed by atoms with Crippen LogP contribution in [0.3, 0.4) is 0 Å². The number of fused-ring (bicyclic) bond motifs is 1. The molecule has 0 amide bonds. The van der Waals surface area contributed by atoms with E-state index in [9.17, 15) is 14.4 Å². The highest BCUT2D eigenvalue weighted by Crippen LogP contribution is 2.01. The largest absolute Gasteiger partial charge is 0.331 e. The fourth-order valence-corrected chi connectivity index (χ4v) is 2.03. The van der Waals surface area contributed by atoms with Crippen LogP contribution in [0.5, 0.6) is 0 Å². The van der Waals surface area contributed by atoms with Crippen LogP contribution >= 0.6 is 0 Å². The Morgan fingerprint density at radius 2 is 1.95 bits per heavy atom. The molecule has 0 saturated heterocycles. The minimum absolute atomic E-state index is 0.0412. The molecular weight excluding hydrogens is 248 g/mol. The Morgan fingerprint density at radius 3 is 2.58 bits per heavy atom. The van der Waals surface area contributed by atoms with Gasteiger partial charge in [0.25, 0.3) is 11.1 Å². The first kappa shape index (κ1) is 13.3. The molecule has 0 unspecified atom stereocenters. The van der Waals surface area contributed by atoms with Crippen LogP contribution in [0.25, 0.3) is 11.0 Å². The summed E-state index contributed by atoms with van der Waals surface area (Å²) < 4.78 is 2.31. The fraction of sp³-hybridized carbons (Fsp3) is 0.500. The topological polar surface area (TPSA) is 89.8 Å². The Balaban J connectivity index is 2.98. The van der Waals surface area contributed by atoms with E-state index in [4.69, 9.17) is 0 Å². The molecule has 0 atom stereocenters. The Kier molecular flexibility index (Phi) is 3.37. The van der Waals surface area contributed by atoms with Crippen LogP contribution in [0.2, 0.25) is 0 Å². The zero-order valence-corrected chi connectivity index (χ0v) is 11.2. The first-order chi connectivity index (χ1) is 8.97. The summed E-state index contributed by atoms with van der Waals surface area (Å²) in [5.74, 6) is 0.357. The van der Waals surface area contributed by atoms with Gasteiger partial charge in [0.2, 0.25) is 0 Å². The van der Waals surface area contributed by atoms with Gasteiger partial charge in [0.1, 0.15) is 11.3 Å². The molecule has 0 bridgehead atoms. The Labute approximate surface area is 108 Å². The standard InChI is InChI=1S/C12H16N4O3/c1-4-5-6-16-9-8(11(18)15(3)12(16)19)13-7(2)14-10(9)17/h4-6H2,1-3H3,(H,13,14,17). The monoisotopic (exact) mass is 264 g/mol.